The van der Waals surface area contributed by atoms with E-state index in [9.17, 15) is 9.59 Å². The van der Waals surface area contributed by atoms with Crippen molar-refractivity contribution in [2.24, 2.45) is 0 Å². The van der Waals surface area contributed by atoms with Crippen LogP contribution in [0.2, 0.25) is 5.02 Å². The zero-order valence-corrected chi connectivity index (χ0v) is 15.1. The number of aromatic nitrogens is 2. The van der Waals surface area contributed by atoms with Crippen LogP contribution in [0.15, 0.2) is 18.2 Å². The Balaban J connectivity index is 1.48. The number of piperidine rings is 1. The number of hydrogen-bond donors (Lipinski definition) is 2. The molecule has 2 aromatic rings. The van der Waals surface area contributed by atoms with Crippen LogP contribution < -0.4 is 5.32 Å². The highest BCUT2D eigenvalue weighted by Crippen LogP contribution is 2.18. The summed E-state index contributed by atoms with van der Waals surface area (Å²) in [6, 6.07) is 5.24. The minimum Gasteiger partial charge on any atom is -0.354 e. The van der Waals surface area contributed by atoms with Gasteiger partial charge in [-0.2, -0.15) is 0 Å². The van der Waals surface area contributed by atoms with E-state index >= 15 is 0 Å². The number of amides is 2. The number of likely N-dealkylation sites (tertiary alicyclic amines) is 1. The molecule has 0 aliphatic carbocycles. The number of imidazole rings is 1. The molecule has 1 aromatic carbocycles. The van der Waals surface area contributed by atoms with E-state index in [4.69, 9.17) is 11.6 Å². The Bertz CT molecular complexity index is 774. The zero-order chi connectivity index (χ0) is 17.8. The van der Waals surface area contributed by atoms with Gasteiger partial charge in [-0.3, -0.25) is 9.59 Å². The number of nitrogens with zero attached hydrogens (tertiary/aromatic N) is 2. The van der Waals surface area contributed by atoms with Gasteiger partial charge in [0.2, 0.25) is 11.8 Å². The van der Waals surface area contributed by atoms with Gasteiger partial charge in [0.15, 0.2) is 0 Å². The maximum Gasteiger partial charge on any atom is 0.242 e. The number of carbonyl (C=O) groups is 2. The van der Waals surface area contributed by atoms with Gasteiger partial charge in [-0.1, -0.05) is 11.6 Å². The fraction of sp³-hybridized carbons (Fsp3) is 0.500. The minimum absolute atomic E-state index is 0.0270. The molecule has 3 rings (SSSR count). The molecule has 7 heteroatoms. The van der Waals surface area contributed by atoms with Crippen LogP contribution in [-0.4, -0.2) is 45.8 Å². The summed E-state index contributed by atoms with van der Waals surface area (Å²) in [7, 11) is 0. The second-order valence-electron chi connectivity index (χ2n) is 6.46. The largest absolute Gasteiger partial charge is 0.354 e. The van der Waals surface area contributed by atoms with Crippen LogP contribution in [0.1, 0.15) is 38.4 Å². The van der Waals surface area contributed by atoms with E-state index < -0.39 is 0 Å². The number of nitrogens with one attached hydrogen (secondary N) is 2. The Morgan fingerprint density at radius 1 is 1.40 bits per heavy atom. The predicted molar refractivity (Wildman–Crippen MR) is 97.5 cm³/mol. The standard InChI is InChI=1S/C18H23ClN4O2/c1-12(24)23-10-3-2-5-16(23)18(25)20-9-4-6-17-21-14-8-7-13(19)11-15(14)22-17/h7-8,11,16H,2-6,9-10H2,1H3,(H,20,25)(H,21,22). The van der Waals surface area contributed by atoms with Crippen molar-refractivity contribution in [2.45, 2.75) is 45.1 Å². The summed E-state index contributed by atoms with van der Waals surface area (Å²) in [5.74, 6) is 0.807. The molecule has 0 spiro atoms. The molecule has 1 fully saturated rings. The molecule has 1 unspecified atom stereocenters. The number of aryl methyl sites for hydroxylation is 1. The van der Waals surface area contributed by atoms with Gasteiger partial charge in [0.05, 0.1) is 11.0 Å². The third kappa shape index (κ3) is 4.31. The first-order valence-electron chi connectivity index (χ1n) is 8.73. The quantitative estimate of drug-likeness (QED) is 0.803. The average Bonchev–Trinajstić information content (AvgIpc) is 3.00. The van der Waals surface area contributed by atoms with Gasteiger partial charge >= 0.3 is 0 Å². The monoisotopic (exact) mass is 362 g/mol. The van der Waals surface area contributed by atoms with Crippen LogP contribution in [-0.2, 0) is 16.0 Å². The normalized spacial score (nSPS) is 17.7. The Labute approximate surface area is 151 Å². The SMILES string of the molecule is CC(=O)N1CCCCC1C(=O)NCCCc1nc2ccc(Cl)cc2[nH]1. The van der Waals surface area contributed by atoms with E-state index in [1.54, 1.807) is 4.90 Å². The Kier molecular flexibility index (Phi) is 5.58. The lowest BCUT2D eigenvalue weighted by molar-refractivity contribution is -0.140. The van der Waals surface area contributed by atoms with Gasteiger partial charge in [0.25, 0.3) is 0 Å². The number of fused-ring (bicyclic) bond motifs is 1. The molecule has 134 valence electrons. The van der Waals surface area contributed by atoms with Crippen molar-refractivity contribution in [3.05, 3.63) is 29.0 Å². The summed E-state index contributed by atoms with van der Waals surface area (Å²) in [4.78, 5) is 33.5. The average molecular weight is 363 g/mol. The van der Waals surface area contributed by atoms with Gasteiger partial charge < -0.3 is 15.2 Å². The molecule has 2 amide bonds. The molecule has 0 bridgehead atoms. The Morgan fingerprint density at radius 3 is 3.04 bits per heavy atom. The maximum absolute atomic E-state index is 12.4. The van der Waals surface area contributed by atoms with E-state index in [1.807, 2.05) is 18.2 Å². The molecule has 1 atom stereocenters. The van der Waals surface area contributed by atoms with E-state index in [1.165, 1.54) is 6.92 Å². The second-order valence-corrected chi connectivity index (χ2v) is 6.90. The first-order valence-corrected chi connectivity index (χ1v) is 9.11. The van der Waals surface area contributed by atoms with Crippen LogP contribution >= 0.6 is 11.6 Å². The van der Waals surface area contributed by atoms with Crippen LogP contribution in [0.25, 0.3) is 11.0 Å². The number of benzene rings is 1. The molecule has 6 nitrogen and oxygen atoms in total. The van der Waals surface area contributed by atoms with Crippen LogP contribution in [0.5, 0.6) is 0 Å². The lowest BCUT2D eigenvalue weighted by Gasteiger charge is -2.33. The van der Waals surface area contributed by atoms with Crippen molar-refractivity contribution < 1.29 is 9.59 Å². The molecular weight excluding hydrogens is 340 g/mol. The van der Waals surface area contributed by atoms with Gasteiger partial charge in [-0.05, 0) is 43.9 Å². The number of H-pyrrole nitrogens is 1. The predicted octanol–water partition coefficient (Wildman–Crippen LogP) is 2.67. The molecule has 1 saturated heterocycles. The number of carbonyl (C=O) groups excluding carboxylic acids is 2. The fourth-order valence-electron chi connectivity index (χ4n) is 3.32. The van der Waals surface area contributed by atoms with Crippen LogP contribution in [0.3, 0.4) is 0 Å². The Morgan fingerprint density at radius 2 is 2.24 bits per heavy atom. The van der Waals surface area contributed by atoms with E-state index in [2.05, 4.69) is 15.3 Å². The lowest BCUT2D eigenvalue weighted by atomic mass is 10.0. The van der Waals surface area contributed by atoms with E-state index in [-0.39, 0.29) is 17.9 Å². The first-order chi connectivity index (χ1) is 12.0. The summed E-state index contributed by atoms with van der Waals surface area (Å²) < 4.78 is 0. The molecule has 2 heterocycles. The number of rotatable bonds is 5. The fourth-order valence-corrected chi connectivity index (χ4v) is 3.49. The van der Waals surface area contributed by atoms with Crippen LogP contribution in [0.4, 0.5) is 0 Å². The van der Waals surface area contributed by atoms with Crippen molar-refractivity contribution in [1.82, 2.24) is 20.2 Å². The molecule has 0 saturated carbocycles. The third-order valence-electron chi connectivity index (χ3n) is 4.59. The topological polar surface area (TPSA) is 78.1 Å². The molecular formula is C18H23ClN4O2. The highest BCUT2D eigenvalue weighted by atomic mass is 35.5. The molecule has 1 aliphatic heterocycles. The Hall–Kier alpha value is -2.08. The molecule has 1 aliphatic rings. The summed E-state index contributed by atoms with van der Waals surface area (Å²) >= 11 is 5.97. The van der Waals surface area contributed by atoms with Crippen molar-refractivity contribution in [3.63, 3.8) is 0 Å². The molecule has 0 radical (unpaired) electrons. The number of halogens is 1. The zero-order valence-electron chi connectivity index (χ0n) is 14.3. The van der Waals surface area contributed by atoms with Crippen molar-refractivity contribution in [2.75, 3.05) is 13.1 Å². The minimum atomic E-state index is -0.320. The summed E-state index contributed by atoms with van der Waals surface area (Å²) in [6.45, 7) is 2.77. The van der Waals surface area contributed by atoms with E-state index in [0.717, 1.165) is 49.0 Å². The molecule has 2 N–H and O–H groups in total. The van der Waals surface area contributed by atoms with Gasteiger partial charge in [-0.15, -0.1) is 0 Å². The van der Waals surface area contributed by atoms with E-state index in [0.29, 0.717) is 18.1 Å². The maximum atomic E-state index is 12.4. The van der Waals surface area contributed by atoms with Gasteiger partial charge in [-0.25, -0.2) is 4.98 Å². The second kappa shape index (κ2) is 7.87. The highest BCUT2D eigenvalue weighted by molar-refractivity contribution is 6.31. The highest BCUT2D eigenvalue weighted by Gasteiger charge is 2.29. The molecule has 1 aromatic heterocycles. The summed E-state index contributed by atoms with van der Waals surface area (Å²) in [6.07, 6.45) is 4.23. The van der Waals surface area contributed by atoms with Gasteiger partial charge in [0, 0.05) is 31.5 Å². The van der Waals surface area contributed by atoms with Crippen molar-refractivity contribution in [1.29, 1.82) is 0 Å². The third-order valence-corrected chi connectivity index (χ3v) is 4.83. The lowest BCUT2D eigenvalue weighted by Crippen LogP contribution is -2.51. The summed E-state index contributed by atoms with van der Waals surface area (Å²) in [5.41, 5.74) is 1.81. The molecule has 25 heavy (non-hydrogen) atoms. The van der Waals surface area contributed by atoms with Crippen LogP contribution in [0, 0.1) is 0 Å². The smallest absolute Gasteiger partial charge is 0.242 e. The van der Waals surface area contributed by atoms with Gasteiger partial charge in [0.1, 0.15) is 11.9 Å². The number of hydrogen-bond acceptors (Lipinski definition) is 3. The van der Waals surface area contributed by atoms with Crippen molar-refractivity contribution in [3.8, 4) is 0 Å². The number of aromatic amines is 1. The first kappa shape index (κ1) is 17.7. The van der Waals surface area contributed by atoms with Crippen molar-refractivity contribution >= 4 is 34.4 Å². The summed E-state index contributed by atoms with van der Waals surface area (Å²) in [5, 5.41) is 3.63.